The van der Waals surface area contributed by atoms with Crippen LogP contribution in [0.5, 0.6) is 0 Å². The number of halogens is 1. The Kier molecular flexibility index (Phi) is 5.48. The summed E-state index contributed by atoms with van der Waals surface area (Å²) in [7, 11) is 0. The molecule has 0 unspecified atom stereocenters. The van der Waals surface area contributed by atoms with E-state index >= 15 is 4.39 Å². The van der Waals surface area contributed by atoms with Crippen molar-refractivity contribution in [1.29, 1.82) is 0 Å². The number of carbonyl (C=O) groups excluding carboxylic acids is 1. The number of pyridine rings is 1. The van der Waals surface area contributed by atoms with Gasteiger partial charge < -0.3 is 14.2 Å². The monoisotopic (exact) mass is 407 g/mol. The molecule has 1 saturated carbocycles. The molecule has 1 aromatic heterocycles. The van der Waals surface area contributed by atoms with E-state index in [9.17, 15) is 9.59 Å². The fraction of sp³-hybridized carbons (Fsp3) is 0.391. The molecule has 6 nitrogen and oxygen atoms in total. The molecule has 2 aromatic rings. The summed E-state index contributed by atoms with van der Waals surface area (Å²) in [5.74, 6) is 3.57. The molecule has 0 N–H and O–H groups in total. The highest BCUT2D eigenvalue weighted by Crippen LogP contribution is 2.38. The molecule has 1 aliphatic heterocycles. The van der Waals surface area contributed by atoms with E-state index in [1.807, 2.05) is 9.47 Å². The van der Waals surface area contributed by atoms with E-state index < -0.39 is 17.2 Å². The molecule has 0 bridgehead atoms. The summed E-state index contributed by atoms with van der Waals surface area (Å²) in [6.45, 7) is 3.14. The molecule has 2 aliphatic rings. The maximum absolute atomic E-state index is 15.0. The first-order valence-corrected chi connectivity index (χ1v) is 9.93. The number of aromatic nitrogens is 1. The van der Waals surface area contributed by atoms with Gasteiger partial charge in [-0.3, -0.25) is 9.69 Å². The zero-order chi connectivity index (χ0) is 21.3. The molecule has 30 heavy (non-hydrogen) atoms. The van der Waals surface area contributed by atoms with E-state index in [1.54, 1.807) is 6.07 Å². The summed E-state index contributed by atoms with van der Waals surface area (Å²) in [5.41, 5.74) is 0.408. The highest BCUT2D eigenvalue weighted by molar-refractivity contribution is 5.94. The zero-order valence-corrected chi connectivity index (χ0v) is 16.6. The predicted molar refractivity (Wildman–Crippen MR) is 113 cm³/mol. The molecule has 0 radical (unpaired) electrons. The first kappa shape index (κ1) is 20.0. The van der Waals surface area contributed by atoms with Crippen molar-refractivity contribution in [1.82, 2.24) is 9.47 Å². The summed E-state index contributed by atoms with van der Waals surface area (Å²) in [4.78, 5) is 29.3. The minimum absolute atomic E-state index is 0.125. The van der Waals surface area contributed by atoms with Crippen LogP contribution in [0.3, 0.4) is 0 Å². The molecule has 1 aliphatic carbocycles. The van der Waals surface area contributed by atoms with Crippen LogP contribution in [0.4, 0.5) is 10.1 Å². The number of hydrogen-bond donors (Lipinski definition) is 0. The fourth-order valence-corrected chi connectivity index (χ4v) is 3.86. The van der Waals surface area contributed by atoms with Gasteiger partial charge in [0.05, 0.1) is 17.7 Å². The van der Waals surface area contributed by atoms with Crippen LogP contribution in [0.25, 0.3) is 10.9 Å². The van der Waals surface area contributed by atoms with Crippen LogP contribution in [0.15, 0.2) is 23.1 Å². The predicted octanol–water partition coefficient (Wildman–Crippen LogP) is 2.02. The number of ether oxygens (including phenoxy) is 1. The fourth-order valence-electron chi connectivity index (χ4n) is 3.86. The standard InChI is InChI=1S/C23H22FN3O3/c1-3-7-25-8-10-26(11-9-25)21-14-20-17(13-19(21)24)22(28)18(23(29)30-12-4-2)15-27(20)16-5-6-16/h1-2,13-16H,5-12H2. The third kappa shape index (κ3) is 3.77. The maximum atomic E-state index is 15.0. The first-order valence-electron chi connectivity index (χ1n) is 9.93. The van der Waals surface area contributed by atoms with Crippen molar-refractivity contribution in [3.05, 3.63) is 39.9 Å². The normalized spacial score (nSPS) is 16.8. The number of piperazine rings is 1. The van der Waals surface area contributed by atoms with E-state index in [4.69, 9.17) is 17.6 Å². The Morgan fingerprint density at radius 3 is 2.53 bits per heavy atom. The van der Waals surface area contributed by atoms with E-state index in [0.717, 1.165) is 25.9 Å². The third-order valence-corrected chi connectivity index (χ3v) is 5.58. The van der Waals surface area contributed by atoms with Crippen LogP contribution < -0.4 is 10.3 Å². The molecule has 7 heteroatoms. The summed E-state index contributed by atoms with van der Waals surface area (Å²) in [6, 6.07) is 3.13. The van der Waals surface area contributed by atoms with Gasteiger partial charge in [0.1, 0.15) is 11.4 Å². The number of benzene rings is 1. The number of terminal acetylenes is 2. The molecule has 154 valence electrons. The van der Waals surface area contributed by atoms with Gasteiger partial charge in [-0.25, -0.2) is 9.18 Å². The lowest BCUT2D eigenvalue weighted by atomic mass is 10.1. The van der Waals surface area contributed by atoms with Gasteiger partial charge in [0, 0.05) is 43.8 Å². The number of fused-ring (bicyclic) bond motifs is 1. The summed E-state index contributed by atoms with van der Waals surface area (Å²) in [6.07, 6.45) is 13.9. The molecule has 4 rings (SSSR count). The quantitative estimate of drug-likeness (QED) is 0.561. The molecular weight excluding hydrogens is 385 g/mol. The summed E-state index contributed by atoms with van der Waals surface area (Å²) >= 11 is 0. The van der Waals surface area contributed by atoms with Gasteiger partial charge in [-0.2, -0.15) is 0 Å². The van der Waals surface area contributed by atoms with Crippen LogP contribution in [0, 0.1) is 30.5 Å². The second-order valence-corrected chi connectivity index (χ2v) is 7.58. The van der Waals surface area contributed by atoms with Crippen molar-refractivity contribution in [2.75, 3.05) is 44.2 Å². The molecule has 0 amide bonds. The van der Waals surface area contributed by atoms with Gasteiger partial charge in [0.2, 0.25) is 5.43 Å². The van der Waals surface area contributed by atoms with Crippen molar-refractivity contribution in [2.24, 2.45) is 0 Å². The van der Waals surface area contributed by atoms with Gasteiger partial charge in [-0.05, 0) is 25.0 Å². The van der Waals surface area contributed by atoms with E-state index in [2.05, 4.69) is 16.7 Å². The Bertz CT molecular complexity index is 1130. The summed E-state index contributed by atoms with van der Waals surface area (Å²) < 4.78 is 21.9. The third-order valence-electron chi connectivity index (χ3n) is 5.58. The smallest absolute Gasteiger partial charge is 0.344 e. The van der Waals surface area contributed by atoms with Crippen LogP contribution >= 0.6 is 0 Å². The van der Waals surface area contributed by atoms with E-state index in [-0.39, 0.29) is 23.6 Å². The molecule has 1 saturated heterocycles. The molecule has 0 spiro atoms. The molecule has 1 aromatic carbocycles. The molecule has 2 fully saturated rings. The number of anilines is 1. The highest BCUT2D eigenvalue weighted by Gasteiger charge is 2.29. The lowest BCUT2D eigenvalue weighted by Gasteiger charge is -2.35. The average molecular weight is 407 g/mol. The lowest BCUT2D eigenvalue weighted by Crippen LogP contribution is -2.46. The largest absolute Gasteiger partial charge is 0.449 e. The first-order chi connectivity index (χ1) is 14.5. The van der Waals surface area contributed by atoms with E-state index in [0.29, 0.717) is 30.8 Å². The van der Waals surface area contributed by atoms with Crippen LogP contribution in [0.2, 0.25) is 0 Å². The Balaban J connectivity index is 1.75. The topological polar surface area (TPSA) is 54.8 Å². The minimum Gasteiger partial charge on any atom is -0.449 e. The van der Waals surface area contributed by atoms with Crippen molar-refractivity contribution >= 4 is 22.6 Å². The lowest BCUT2D eigenvalue weighted by molar-refractivity contribution is 0.0554. The molecule has 2 heterocycles. The van der Waals surface area contributed by atoms with Crippen molar-refractivity contribution in [3.8, 4) is 24.7 Å². The van der Waals surface area contributed by atoms with Crippen molar-refractivity contribution < 1.29 is 13.9 Å². The Labute approximate surface area is 174 Å². The average Bonchev–Trinajstić information content (AvgIpc) is 3.58. The number of hydrogen-bond acceptors (Lipinski definition) is 5. The molecule has 0 atom stereocenters. The van der Waals surface area contributed by atoms with Crippen LogP contribution in [-0.4, -0.2) is 54.8 Å². The number of nitrogens with zero attached hydrogens (tertiary/aromatic N) is 3. The number of carbonyl (C=O) groups is 1. The van der Waals surface area contributed by atoms with Gasteiger partial charge in [-0.1, -0.05) is 11.8 Å². The Morgan fingerprint density at radius 2 is 1.90 bits per heavy atom. The number of esters is 1. The van der Waals surface area contributed by atoms with Gasteiger partial charge >= 0.3 is 5.97 Å². The van der Waals surface area contributed by atoms with E-state index in [1.165, 1.54) is 12.3 Å². The van der Waals surface area contributed by atoms with Crippen molar-refractivity contribution in [2.45, 2.75) is 18.9 Å². The highest BCUT2D eigenvalue weighted by atomic mass is 19.1. The Hall–Kier alpha value is -3.29. The van der Waals surface area contributed by atoms with Gasteiger partial charge in [0.25, 0.3) is 0 Å². The SMILES string of the molecule is C#CCOC(=O)c1cn(C2CC2)c2cc(N3CCN(CC#C)CC3)c(F)cc2c1=O. The zero-order valence-electron chi connectivity index (χ0n) is 16.6. The second-order valence-electron chi connectivity index (χ2n) is 7.58. The number of rotatable bonds is 5. The Morgan fingerprint density at radius 1 is 1.17 bits per heavy atom. The van der Waals surface area contributed by atoms with Gasteiger partial charge in [0.15, 0.2) is 6.61 Å². The minimum atomic E-state index is -0.789. The molecular formula is C23H22FN3O3. The maximum Gasteiger partial charge on any atom is 0.344 e. The van der Waals surface area contributed by atoms with Gasteiger partial charge in [-0.15, -0.1) is 12.8 Å². The van der Waals surface area contributed by atoms with Crippen LogP contribution in [0.1, 0.15) is 29.2 Å². The summed E-state index contributed by atoms with van der Waals surface area (Å²) in [5, 5.41) is 0.171. The van der Waals surface area contributed by atoms with Crippen LogP contribution in [-0.2, 0) is 4.74 Å². The van der Waals surface area contributed by atoms with Crippen molar-refractivity contribution in [3.63, 3.8) is 0 Å². The second kappa shape index (κ2) is 8.22.